The van der Waals surface area contributed by atoms with Crippen LogP contribution >= 0.6 is 11.6 Å². The Morgan fingerprint density at radius 2 is 1.77 bits per heavy atom. The van der Waals surface area contributed by atoms with Crippen molar-refractivity contribution >= 4 is 11.6 Å². The molecule has 0 saturated carbocycles. The lowest BCUT2D eigenvalue weighted by Crippen LogP contribution is -2.15. The fourth-order valence-corrected chi connectivity index (χ4v) is 2.89. The van der Waals surface area contributed by atoms with Gasteiger partial charge in [-0.25, -0.2) is 9.37 Å². The van der Waals surface area contributed by atoms with Crippen LogP contribution in [0.25, 0.3) is 11.3 Å². The average Bonchev–Trinajstić information content (AvgIpc) is 2.55. The Balaban J connectivity index is 2.55. The Morgan fingerprint density at radius 1 is 1.12 bits per heavy atom. The number of nitrogens with zero attached hydrogens (tertiary/aromatic N) is 1. The Labute approximate surface area is 161 Å². The molecular weight excluding hydrogens is 349 g/mol. The van der Waals surface area contributed by atoms with Crippen LogP contribution in [0.4, 0.5) is 4.39 Å². The summed E-state index contributed by atoms with van der Waals surface area (Å²) in [5.41, 5.74) is 2.74. The maximum atomic E-state index is 13.9. The number of hydrogen-bond acceptors (Lipinski definition) is 2. The molecule has 2 aromatic rings. The lowest BCUT2D eigenvalue weighted by Gasteiger charge is -2.25. The molecule has 0 spiro atoms. The van der Waals surface area contributed by atoms with Crippen molar-refractivity contribution in [3.63, 3.8) is 0 Å². The van der Waals surface area contributed by atoms with E-state index in [1.165, 1.54) is 12.1 Å². The summed E-state index contributed by atoms with van der Waals surface area (Å²) in [6.45, 7) is 12.7. The summed E-state index contributed by atoms with van der Waals surface area (Å²) in [7, 11) is 0. The monoisotopic (exact) mass is 377 g/mol. The maximum absolute atomic E-state index is 13.9. The van der Waals surface area contributed by atoms with Crippen molar-refractivity contribution in [2.45, 2.75) is 66.2 Å². The predicted molar refractivity (Wildman–Crippen MR) is 107 cm³/mol. The molecular formula is C22H29ClFNO. The van der Waals surface area contributed by atoms with E-state index in [-0.39, 0.29) is 21.6 Å². The number of pyridine rings is 1. The first-order chi connectivity index (χ1) is 11.9. The molecule has 1 heterocycles. The van der Waals surface area contributed by atoms with Crippen molar-refractivity contribution in [1.82, 2.24) is 4.98 Å². The van der Waals surface area contributed by atoms with E-state index in [4.69, 9.17) is 11.6 Å². The topological polar surface area (TPSA) is 33.1 Å². The van der Waals surface area contributed by atoms with Gasteiger partial charge < -0.3 is 5.11 Å². The third-order valence-electron chi connectivity index (χ3n) is 5.08. The lowest BCUT2D eigenvalue weighted by molar-refractivity contribution is 0.318. The first-order valence-electron chi connectivity index (χ1n) is 9.13. The zero-order valence-electron chi connectivity index (χ0n) is 16.6. The molecule has 1 aromatic carbocycles. The Hall–Kier alpha value is -1.61. The van der Waals surface area contributed by atoms with E-state index in [1.807, 2.05) is 26.8 Å². The highest BCUT2D eigenvalue weighted by Crippen LogP contribution is 2.37. The minimum atomic E-state index is -0.468. The summed E-state index contributed by atoms with van der Waals surface area (Å²) in [4.78, 5) is 4.67. The molecule has 2 nitrogen and oxygen atoms in total. The number of hydrogen-bond donors (Lipinski definition) is 1. The van der Waals surface area contributed by atoms with Gasteiger partial charge in [0.15, 0.2) is 0 Å². The molecule has 1 aromatic heterocycles. The highest BCUT2D eigenvalue weighted by molar-refractivity contribution is 6.30. The summed E-state index contributed by atoms with van der Waals surface area (Å²) in [6, 6.07) is 6.55. The summed E-state index contributed by atoms with van der Waals surface area (Å²) >= 11 is 5.81. The molecule has 142 valence electrons. The van der Waals surface area contributed by atoms with Crippen molar-refractivity contribution in [2.75, 3.05) is 0 Å². The molecule has 0 radical (unpaired) electrons. The van der Waals surface area contributed by atoms with Gasteiger partial charge in [0.2, 0.25) is 0 Å². The Morgan fingerprint density at radius 3 is 2.31 bits per heavy atom. The van der Waals surface area contributed by atoms with Crippen LogP contribution in [0, 0.1) is 11.2 Å². The van der Waals surface area contributed by atoms with Gasteiger partial charge in [-0.15, -0.1) is 0 Å². The van der Waals surface area contributed by atoms with E-state index in [0.717, 1.165) is 18.4 Å². The molecule has 2 rings (SSSR count). The molecule has 0 saturated heterocycles. The minimum Gasteiger partial charge on any atom is -0.506 e. The largest absolute Gasteiger partial charge is 0.506 e. The lowest BCUT2D eigenvalue weighted by atomic mass is 9.82. The quantitative estimate of drug-likeness (QED) is 0.613. The number of rotatable bonds is 5. The smallest absolute Gasteiger partial charge is 0.142 e. The molecule has 4 heteroatoms. The second-order valence-corrected chi connectivity index (χ2v) is 9.15. The van der Waals surface area contributed by atoms with Gasteiger partial charge in [-0.2, -0.15) is 0 Å². The maximum Gasteiger partial charge on any atom is 0.142 e. The second kappa shape index (κ2) is 7.56. The van der Waals surface area contributed by atoms with Gasteiger partial charge in [-0.1, -0.05) is 65.6 Å². The molecule has 0 aliphatic heterocycles. The number of aromatic hydroxyl groups is 1. The van der Waals surface area contributed by atoms with Crippen molar-refractivity contribution in [3.8, 4) is 17.0 Å². The number of aryl methyl sites for hydroxylation is 1. The highest BCUT2D eigenvalue weighted by atomic mass is 35.5. The molecule has 1 N–H and O–H groups in total. The van der Waals surface area contributed by atoms with Crippen LogP contribution in [0.3, 0.4) is 0 Å². The molecule has 0 atom stereocenters. The van der Waals surface area contributed by atoms with E-state index in [1.54, 1.807) is 6.07 Å². The fourth-order valence-electron chi connectivity index (χ4n) is 2.77. The van der Waals surface area contributed by atoms with Crippen LogP contribution in [0.15, 0.2) is 24.3 Å². The predicted octanol–water partition coefficient (Wildman–Crippen LogP) is 6.91. The van der Waals surface area contributed by atoms with E-state index < -0.39 is 5.82 Å². The third kappa shape index (κ3) is 4.76. The number of halogens is 2. The first kappa shape index (κ1) is 20.7. The minimum absolute atomic E-state index is 0.0912. The van der Waals surface area contributed by atoms with Gasteiger partial charge in [0.05, 0.1) is 16.4 Å². The molecule has 0 unspecified atom stereocenters. The Bertz CT molecular complexity index is 793. The van der Waals surface area contributed by atoms with Crippen LogP contribution < -0.4 is 0 Å². The van der Waals surface area contributed by atoms with E-state index in [2.05, 4.69) is 25.8 Å². The average molecular weight is 378 g/mol. The molecule has 0 amide bonds. The zero-order chi connectivity index (χ0) is 19.7. The SMILES string of the molecule is CCC(C)(C)CCc1nc(-c2ccc(Cl)c(F)c2)cc(C(C)(C)C)c1O. The number of benzene rings is 1. The molecule has 26 heavy (non-hydrogen) atoms. The van der Waals surface area contributed by atoms with Crippen LogP contribution in [0.5, 0.6) is 5.75 Å². The zero-order valence-corrected chi connectivity index (χ0v) is 17.3. The van der Waals surface area contributed by atoms with Gasteiger partial charge in [-0.3, -0.25) is 0 Å². The molecule has 0 aliphatic rings. The van der Waals surface area contributed by atoms with Crippen molar-refractivity contribution in [1.29, 1.82) is 0 Å². The van der Waals surface area contributed by atoms with Gasteiger partial charge in [0.25, 0.3) is 0 Å². The van der Waals surface area contributed by atoms with Gasteiger partial charge >= 0.3 is 0 Å². The van der Waals surface area contributed by atoms with E-state index in [0.29, 0.717) is 23.4 Å². The van der Waals surface area contributed by atoms with Crippen molar-refractivity contribution in [3.05, 3.63) is 46.4 Å². The van der Waals surface area contributed by atoms with Crippen molar-refractivity contribution < 1.29 is 9.50 Å². The van der Waals surface area contributed by atoms with Crippen LogP contribution in [0.2, 0.25) is 5.02 Å². The summed E-state index contributed by atoms with van der Waals surface area (Å²) in [5, 5.41) is 10.9. The van der Waals surface area contributed by atoms with Gasteiger partial charge in [0.1, 0.15) is 11.6 Å². The fraction of sp³-hybridized carbons (Fsp3) is 0.500. The standard InChI is InChI=1S/C22H29ClFNO/c1-7-22(5,6)11-10-18-20(26)15(21(2,3)4)13-19(25-18)14-8-9-16(23)17(24)12-14/h8-9,12-13,26H,7,10-11H2,1-6H3. The number of aromatic nitrogens is 1. The molecule has 0 fully saturated rings. The van der Waals surface area contributed by atoms with Gasteiger partial charge in [-0.05, 0) is 41.9 Å². The first-order valence-corrected chi connectivity index (χ1v) is 9.51. The van der Waals surface area contributed by atoms with Crippen LogP contribution in [-0.4, -0.2) is 10.1 Å². The third-order valence-corrected chi connectivity index (χ3v) is 5.39. The van der Waals surface area contributed by atoms with Gasteiger partial charge in [0, 0.05) is 11.1 Å². The van der Waals surface area contributed by atoms with Crippen LogP contribution in [-0.2, 0) is 11.8 Å². The highest BCUT2D eigenvalue weighted by Gasteiger charge is 2.24. The summed E-state index contributed by atoms with van der Waals surface area (Å²) < 4.78 is 13.9. The van der Waals surface area contributed by atoms with E-state index in [9.17, 15) is 9.50 Å². The normalized spacial score (nSPS) is 12.5. The van der Waals surface area contributed by atoms with Crippen LogP contribution in [0.1, 0.15) is 65.6 Å². The summed E-state index contributed by atoms with van der Waals surface area (Å²) in [5.74, 6) is -0.215. The van der Waals surface area contributed by atoms with Crippen molar-refractivity contribution in [2.24, 2.45) is 5.41 Å². The van der Waals surface area contributed by atoms with E-state index >= 15 is 0 Å². The molecule has 0 aliphatic carbocycles. The summed E-state index contributed by atoms with van der Waals surface area (Å²) in [6.07, 6.45) is 2.66. The molecule has 0 bridgehead atoms. The second-order valence-electron chi connectivity index (χ2n) is 8.75. The Kier molecular flexibility index (Phi) is 6.02.